The first-order valence-corrected chi connectivity index (χ1v) is 7.06. The van der Waals surface area contributed by atoms with Gasteiger partial charge in [-0.1, -0.05) is 35.5 Å². The molecule has 0 aliphatic rings. The average molecular weight is 309 g/mol. The Balaban J connectivity index is 1.65. The fraction of sp³-hybridized carbons (Fsp3) is 0.125. The number of carbonyl (C=O) groups is 1. The predicted octanol–water partition coefficient (Wildman–Crippen LogP) is 2.64. The highest BCUT2D eigenvalue weighted by atomic mass is 16.5. The largest absolute Gasteiger partial charge is 0.360 e. The zero-order valence-corrected chi connectivity index (χ0v) is 12.5. The molecule has 3 rings (SSSR count). The van der Waals surface area contributed by atoms with Crippen LogP contribution in [-0.4, -0.2) is 21.0 Å². The van der Waals surface area contributed by atoms with Crippen molar-refractivity contribution >= 4 is 17.7 Å². The maximum atomic E-state index is 12.1. The minimum atomic E-state index is -0.372. The predicted molar refractivity (Wildman–Crippen MR) is 85.0 cm³/mol. The van der Waals surface area contributed by atoms with Crippen LogP contribution in [0.1, 0.15) is 21.8 Å². The maximum Gasteiger partial charge on any atom is 0.275 e. The fourth-order valence-electron chi connectivity index (χ4n) is 1.95. The highest BCUT2D eigenvalue weighted by Crippen LogP contribution is 2.10. The number of hydrogen-bond acceptors (Lipinski definition) is 6. The number of nitrogens with one attached hydrogen (secondary N) is 2. The Bertz CT molecular complexity index is 801. The first-order valence-electron chi connectivity index (χ1n) is 7.06. The molecule has 0 radical (unpaired) electrons. The first kappa shape index (κ1) is 14.7. The molecular weight excluding hydrogens is 294 g/mol. The summed E-state index contributed by atoms with van der Waals surface area (Å²) in [5.41, 5.74) is 1.35. The highest BCUT2D eigenvalue weighted by molar-refractivity contribution is 6.02. The van der Waals surface area contributed by atoms with Crippen LogP contribution in [-0.2, 0) is 6.54 Å². The molecule has 0 spiro atoms. The van der Waals surface area contributed by atoms with Crippen LogP contribution in [0.4, 0.5) is 11.8 Å². The molecule has 116 valence electrons. The Labute approximate surface area is 132 Å². The summed E-state index contributed by atoms with van der Waals surface area (Å²) < 4.78 is 4.90. The number of carbonyl (C=O) groups excluding carboxylic acids is 1. The van der Waals surface area contributed by atoms with Crippen LogP contribution in [0.15, 0.2) is 53.2 Å². The van der Waals surface area contributed by atoms with Crippen molar-refractivity contribution in [1.29, 1.82) is 0 Å². The molecule has 7 nitrogen and oxygen atoms in total. The van der Waals surface area contributed by atoms with Crippen LogP contribution in [0.3, 0.4) is 0 Å². The molecule has 3 aromatic rings. The summed E-state index contributed by atoms with van der Waals surface area (Å²) in [6.07, 6.45) is 1.53. The van der Waals surface area contributed by atoms with E-state index < -0.39 is 0 Å². The number of rotatable bonds is 5. The quantitative estimate of drug-likeness (QED) is 0.752. The second-order valence-corrected chi connectivity index (χ2v) is 4.88. The van der Waals surface area contributed by atoms with E-state index in [0.717, 1.165) is 5.56 Å². The molecular formula is C16H15N5O2. The van der Waals surface area contributed by atoms with Gasteiger partial charge in [-0.25, -0.2) is 9.97 Å². The third-order valence-electron chi connectivity index (χ3n) is 3.05. The molecule has 0 aliphatic heterocycles. The lowest BCUT2D eigenvalue weighted by molar-refractivity contribution is 0.102. The van der Waals surface area contributed by atoms with Gasteiger partial charge in [-0.2, -0.15) is 0 Å². The van der Waals surface area contributed by atoms with Gasteiger partial charge in [-0.15, -0.1) is 0 Å². The Hall–Kier alpha value is -3.22. The molecule has 0 saturated carbocycles. The molecule has 0 aliphatic carbocycles. The molecule has 7 heteroatoms. The summed E-state index contributed by atoms with van der Waals surface area (Å²) in [7, 11) is 0. The van der Waals surface area contributed by atoms with Crippen LogP contribution in [0.5, 0.6) is 0 Å². The van der Waals surface area contributed by atoms with Crippen molar-refractivity contribution in [2.45, 2.75) is 13.5 Å². The average Bonchev–Trinajstić information content (AvgIpc) is 2.99. The summed E-state index contributed by atoms with van der Waals surface area (Å²) in [5, 5.41) is 9.42. The highest BCUT2D eigenvalue weighted by Gasteiger charge is 2.11. The smallest absolute Gasteiger partial charge is 0.275 e. The number of anilines is 2. The Kier molecular flexibility index (Phi) is 4.28. The standard InChI is InChI=1S/C16H15N5O2/c1-11-9-14(21-23-11)20-15(22)13-7-8-17-16(19-13)18-10-12-5-3-2-4-6-12/h2-9H,10H2,1H3,(H,17,18,19)(H,20,21,22). The van der Waals surface area contributed by atoms with Crippen molar-refractivity contribution in [2.75, 3.05) is 10.6 Å². The number of hydrogen-bond donors (Lipinski definition) is 2. The van der Waals surface area contributed by atoms with Crippen molar-refractivity contribution < 1.29 is 9.32 Å². The zero-order valence-electron chi connectivity index (χ0n) is 12.5. The van der Waals surface area contributed by atoms with Gasteiger partial charge in [-0.05, 0) is 18.6 Å². The van der Waals surface area contributed by atoms with E-state index in [0.29, 0.717) is 24.1 Å². The van der Waals surface area contributed by atoms with Crippen LogP contribution in [0.2, 0.25) is 0 Å². The third-order valence-corrected chi connectivity index (χ3v) is 3.05. The van der Waals surface area contributed by atoms with E-state index in [4.69, 9.17) is 4.52 Å². The summed E-state index contributed by atoms with van der Waals surface area (Å²) in [6, 6.07) is 13.0. The zero-order chi connectivity index (χ0) is 16.1. The molecule has 1 aromatic carbocycles. The molecule has 0 bridgehead atoms. The van der Waals surface area contributed by atoms with Crippen molar-refractivity contribution in [3.05, 3.63) is 65.7 Å². The molecule has 0 fully saturated rings. The van der Waals surface area contributed by atoms with E-state index in [1.807, 2.05) is 30.3 Å². The van der Waals surface area contributed by atoms with E-state index >= 15 is 0 Å². The van der Waals surface area contributed by atoms with Gasteiger partial charge < -0.3 is 15.2 Å². The molecule has 0 atom stereocenters. The Morgan fingerprint density at radius 3 is 2.78 bits per heavy atom. The molecule has 1 amide bonds. The summed E-state index contributed by atoms with van der Waals surface area (Å²) >= 11 is 0. The Morgan fingerprint density at radius 2 is 2.04 bits per heavy atom. The second kappa shape index (κ2) is 6.69. The van der Waals surface area contributed by atoms with Crippen molar-refractivity contribution in [3.8, 4) is 0 Å². The lowest BCUT2D eigenvalue weighted by atomic mass is 10.2. The van der Waals surface area contributed by atoms with Crippen molar-refractivity contribution in [2.24, 2.45) is 0 Å². The van der Waals surface area contributed by atoms with Gasteiger partial charge in [0.2, 0.25) is 5.95 Å². The van der Waals surface area contributed by atoms with Crippen LogP contribution in [0.25, 0.3) is 0 Å². The van der Waals surface area contributed by atoms with Crippen LogP contribution in [0, 0.1) is 6.92 Å². The van der Waals surface area contributed by atoms with Gasteiger partial charge in [0.25, 0.3) is 5.91 Å². The van der Waals surface area contributed by atoms with Crippen LogP contribution >= 0.6 is 0 Å². The van der Waals surface area contributed by atoms with Crippen LogP contribution < -0.4 is 10.6 Å². The number of aromatic nitrogens is 3. The number of aryl methyl sites for hydroxylation is 1. The van der Waals surface area contributed by atoms with E-state index in [1.165, 1.54) is 12.3 Å². The van der Waals surface area contributed by atoms with Gasteiger partial charge in [0.05, 0.1) is 0 Å². The summed E-state index contributed by atoms with van der Waals surface area (Å²) in [6.45, 7) is 2.33. The molecule has 0 unspecified atom stereocenters. The molecule has 0 saturated heterocycles. The number of amides is 1. The van der Waals surface area contributed by atoms with E-state index in [-0.39, 0.29) is 11.6 Å². The van der Waals surface area contributed by atoms with Gasteiger partial charge in [0, 0.05) is 18.8 Å². The maximum absolute atomic E-state index is 12.1. The minimum absolute atomic E-state index is 0.246. The molecule has 2 N–H and O–H groups in total. The number of nitrogens with zero attached hydrogens (tertiary/aromatic N) is 3. The third kappa shape index (κ3) is 3.91. The summed E-state index contributed by atoms with van der Waals surface area (Å²) in [5.74, 6) is 0.986. The SMILES string of the molecule is Cc1cc(NC(=O)c2ccnc(NCc3ccccc3)n2)no1. The summed E-state index contributed by atoms with van der Waals surface area (Å²) in [4.78, 5) is 20.4. The normalized spacial score (nSPS) is 10.3. The fourth-order valence-corrected chi connectivity index (χ4v) is 1.95. The lowest BCUT2D eigenvalue weighted by Gasteiger charge is -2.06. The van der Waals surface area contributed by atoms with Gasteiger partial charge in [0.15, 0.2) is 5.82 Å². The molecule has 2 heterocycles. The monoisotopic (exact) mass is 309 g/mol. The van der Waals surface area contributed by atoms with E-state index in [2.05, 4.69) is 25.8 Å². The second-order valence-electron chi connectivity index (χ2n) is 4.88. The lowest BCUT2D eigenvalue weighted by Crippen LogP contribution is -2.15. The van der Waals surface area contributed by atoms with Crippen molar-refractivity contribution in [1.82, 2.24) is 15.1 Å². The number of benzene rings is 1. The van der Waals surface area contributed by atoms with Crippen molar-refractivity contribution in [3.63, 3.8) is 0 Å². The molecule has 2 aromatic heterocycles. The first-order chi connectivity index (χ1) is 11.2. The van der Waals surface area contributed by atoms with E-state index in [9.17, 15) is 4.79 Å². The minimum Gasteiger partial charge on any atom is -0.360 e. The Morgan fingerprint density at radius 1 is 1.22 bits per heavy atom. The van der Waals surface area contributed by atoms with Gasteiger partial charge >= 0.3 is 0 Å². The topological polar surface area (TPSA) is 92.9 Å². The van der Waals surface area contributed by atoms with Gasteiger partial charge in [0.1, 0.15) is 11.5 Å². The molecule has 23 heavy (non-hydrogen) atoms. The van der Waals surface area contributed by atoms with E-state index in [1.54, 1.807) is 13.0 Å². The van der Waals surface area contributed by atoms with Gasteiger partial charge in [-0.3, -0.25) is 4.79 Å².